The number of likely N-dealkylation sites (tertiary alicyclic amines) is 1. The predicted molar refractivity (Wildman–Crippen MR) is 120 cm³/mol. The van der Waals surface area contributed by atoms with Gasteiger partial charge in [-0.3, -0.25) is 4.79 Å². The third kappa shape index (κ3) is 3.90. The molecule has 0 spiro atoms. The van der Waals surface area contributed by atoms with Crippen LogP contribution in [0.1, 0.15) is 49.9 Å². The maximum absolute atomic E-state index is 13.5. The average Bonchev–Trinajstić information content (AvgIpc) is 3.38. The van der Waals surface area contributed by atoms with Crippen LogP contribution in [0, 0.1) is 12.8 Å². The Bertz CT molecular complexity index is 958. The monoisotopic (exact) mass is 426 g/mol. The summed E-state index contributed by atoms with van der Waals surface area (Å²) in [6.07, 6.45) is 6.16. The van der Waals surface area contributed by atoms with Crippen molar-refractivity contribution in [2.75, 3.05) is 37.7 Å². The molecule has 168 valence electrons. The van der Waals surface area contributed by atoms with Crippen LogP contribution in [0.15, 0.2) is 12.3 Å². The molecule has 9 nitrogen and oxygen atoms in total. The van der Waals surface area contributed by atoms with Crippen molar-refractivity contribution in [1.29, 1.82) is 0 Å². The zero-order valence-corrected chi connectivity index (χ0v) is 18.5. The number of hydrogen-bond acceptors (Lipinski definition) is 7. The molecule has 2 aromatic heterocycles. The Labute approximate surface area is 183 Å². The fraction of sp³-hybridized carbons (Fsp3) is 0.682. The number of aryl methyl sites for hydroxylation is 1. The molecule has 0 saturated carbocycles. The topological polar surface area (TPSA) is 104 Å². The number of nitrogens with two attached hydrogens (primary N) is 1. The highest BCUT2D eigenvalue weighted by atomic mass is 16.2. The summed E-state index contributed by atoms with van der Waals surface area (Å²) in [5.41, 5.74) is 8.99. The number of anilines is 1. The first-order chi connectivity index (χ1) is 15.0. The predicted octanol–water partition coefficient (Wildman–Crippen LogP) is 0.784. The Balaban J connectivity index is 1.43. The van der Waals surface area contributed by atoms with Gasteiger partial charge in [0.05, 0.1) is 17.7 Å². The summed E-state index contributed by atoms with van der Waals surface area (Å²) in [4.78, 5) is 22.7. The molecule has 9 heteroatoms. The largest absolute Gasteiger partial charge is 0.355 e. The molecular formula is C22H34N8O. The minimum absolute atomic E-state index is 0.0149. The van der Waals surface area contributed by atoms with Gasteiger partial charge >= 0.3 is 0 Å². The van der Waals surface area contributed by atoms with E-state index in [4.69, 9.17) is 15.8 Å². The molecule has 4 N–H and O–H groups in total. The number of fused-ring (bicyclic) bond motifs is 1. The van der Waals surface area contributed by atoms with Gasteiger partial charge in [-0.15, -0.1) is 0 Å². The van der Waals surface area contributed by atoms with Crippen molar-refractivity contribution in [3.8, 4) is 0 Å². The molecule has 3 aliphatic rings. The molecular weight excluding hydrogens is 392 g/mol. The SMILES string of the molecule is Cc1cn2nc([C@@H]3CCCCN3C(=O)C3CNCNC3C)cc2nc1N1CC[C@H](N)C1. The van der Waals surface area contributed by atoms with Gasteiger partial charge in [-0.2, -0.15) is 5.10 Å². The standard InChI is InChI=1S/C22H34N8O/c1-14-11-30-20(26-21(14)28-8-6-16(23)12-28)9-18(27-30)19-5-3-4-7-29(19)22(31)17-10-24-13-25-15(17)2/h9,11,15-17,19,24-25H,3-8,10,12-13,23H2,1-2H3/t15?,16-,17?,19-/m0/s1. The van der Waals surface area contributed by atoms with Gasteiger partial charge in [-0.25, -0.2) is 9.50 Å². The van der Waals surface area contributed by atoms with E-state index < -0.39 is 0 Å². The number of piperidine rings is 1. The third-order valence-corrected chi connectivity index (χ3v) is 7.11. The van der Waals surface area contributed by atoms with Gasteiger partial charge in [0, 0.05) is 62.8 Å². The molecule has 2 aromatic rings. The maximum atomic E-state index is 13.5. The van der Waals surface area contributed by atoms with Crippen LogP contribution in [-0.4, -0.2) is 70.3 Å². The van der Waals surface area contributed by atoms with Gasteiger partial charge in [-0.1, -0.05) is 0 Å². The molecule has 4 atom stereocenters. The lowest BCUT2D eigenvalue weighted by Crippen LogP contribution is -2.56. The highest BCUT2D eigenvalue weighted by Crippen LogP contribution is 2.33. The lowest BCUT2D eigenvalue weighted by Gasteiger charge is -2.39. The number of rotatable bonds is 3. The average molecular weight is 427 g/mol. The molecule has 3 saturated heterocycles. The Kier molecular flexibility index (Phi) is 5.58. The number of carbonyl (C=O) groups excluding carboxylic acids is 1. The van der Waals surface area contributed by atoms with Crippen LogP contribution in [-0.2, 0) is 4.79 Å². The van der Waals surface area contributed by atoms with Gasteiger partial charge in [0.1, 0.15) is 5.82 Å². The Morgan fingerprint density at radius 3 is 2.90 bits per heavy atom. The van der Waals surface area contributed by atoms with Crippen LogP contribution in [0.2, 0.25) is 0 Å². The summed E-state index contributed by atoms with van der Waals surface area (Å²) in [5, 5.41) is 11.5. The number of nitrogens with one attached hydrogen (secondary N) is 2. The summed E-state index contributed by atoms with van der Waals surface area (Å²) < 4.78 is 1.87. The Hall–Kier alpha value is -2.23. The van der Waals surface area contributed by atoms with Crippen LogP contribution in [0.3, 0.4) is 0 Å². The van der Waals surface area contributed by atoms with Crippen molar-refractivity contribution in [1.82, 2.24) is 30.1 Å². The van der Waals surface area contributed by atoms with Crippen molar-refractivity contribution < 1.29 is 4.79 Å². The van der Waals surface area contributed by atoms with Crippen molar-refractivity contribution in [2.24, 2.45) is 11.7 Å². The van der Waals surface area contributed by atoms with Crippen LogP contribution in [0.25, 0.3) is 5.65 Å². The van der Waals surface area contributed by atoms with E-state index in [-0.39, 0.29) is 30.0 Å². The molecule has 0 bridgehead atoms. The maximum Gasteiger partial charge on any atom is 0.229 e. The third-order valence-electron chi connectivity index (χ3n) is 7.11. The van der Waals surface area contributed by atoms with Gasteiger partial charge in [0.25, 0.3) is 0 Å². The first-order valence-electron chi connectivity index (χ1n) is 11.6. The molecule has 5 heterocycles. The molecule has 2 unspecified atom stereocenters. The molecule has 0 aliphatic carbocycles. The first-order valence-corrected chi connectivity index (χ1v) is 11.6. The normalized spacial score (nSPS) is 29.6. The Morgan fingerprint density at radius 2 is 2.13 bits per heavy atom. The number of carbonyl (C=O) groups is 1. The van der Waals surface area contributed by atoms with E-state index in [1.807, 2.05) is 4.52 Å². The number of aromatic nitrogens is 3. The number of amides is 1. The van der Waals surface area contributed by atoms with E-state index in [1.165, 1.54) is 0 Å². The molecule has 0 aromatic carbocycles. The molecule has 3 aliphatic heterocycles. The molecule has 0 radical (unpaired) electrons. The van der Waals surface area contributed by atoms with Crippen molar-refractivity contribution in [2.45, 2.75) is 57.7 Å². The van der Waals surface area contributed by atoms with Gasteiger partial charge < -0.3 is 26.2 Å². The molecule has 3 fully saturated rings. The zero-order valence-electron chi connectivity index (χ0n) is 18.5. The van der Waals surface area contributed by atoms with Crippen molar-refractivity contribution >= 4 is 17.4 Å². The van der Waals surface area contributed by atoms with Gasteiger partial charge in [-0.05, 0) is 39.5 Å². The van der Waals surface area contributed by atoms with E-state index in [1.54, 1.807) is 0 Å². The van der Waals surface area contributed by atoms with E-state index in [0.29, 0.717) is 0 Å². The highest BCUT2D eigenvalue weighted by molar-refractivity contribution is 5.80. The summed E-state index contributed by atoms with van der Waals surface area (Å²) in [6.45, 7) is 8.25. The molecule has 31 heavy (non-hydrogen) atoms. The fourth-order valence-corrected chi connectivity index (χ4v) is 5.28. The van der Waals surface area contributed by atoms with Crippen LogP contribution in [0.4, 0.5) is 5.82 Å². The first kappa shape index (κ1) is 20.7. The highest BCUT2D eigenvalue weighted by Gasteiger charge is 2.37. The minimum Gasteiger partial charge on any atom is -0.355 e. The fourth-order valence-electron chi connectivity index (χ4n) is 5.28. The Morgan fingerprint density at radius 1 is 1.26 bits per heavy atom. The van der Waals surface area contributed by atoms with E-state index in [9.17, 15) is 4.79 Å². The van der Waals surface area contributed by atoms with Gasteiger partial charge in [0.15, 0.2) is 5.65 Å². The van der Waals surface area contributed by atoms with Crippen molar-refractivity contribution in [3.05, 3.63) is 23.5 Å². The second kappa shape index (κ2) is 8.37. The molecule has 1 amide bonds. The molecule has 5 rings (SSSR count). The van der Waals surface area contributed by atoms with E-state index in [0.717, 1.165) is 81.3 Å². The van der Waals surface area contributed by atoms with E-state index in [2.05, 4.69) is 46.5 Å². The summed E-state index contributed by atoms with van der Waals surface area (Å²) in [5.74, 6) is 1.18. The second-order valence-corrected chi connectivity index (χ2v) is 9.39. The minimum atomic E-state index is -0.0438. The smallest absolute Gasteiger partial charge is 0.229 e. The lowest BCUT2D eigenvalue weighted by molar-refractivity contribution is -0.141. The number of hydrogen-bond donors (Lipinski definition) is 3. The summed E-state index contributed by atoms with van der Waals surface area (Å²) in [7, 11) is 0. The number of nitrogens with zero attached hydrogens (tertiary/aromatic N) is 5. The second-order valence-electron chi connectivity index (χ2n) is 9.39. The summed E-state index contributed by atoms with van der Waals surface area (Å²) >= 11 is 0. The van der Waals surface area contributed by atoms with E-state index >= 15 is 0 Å². The van der Waals surface area contributed by atoms with Crippen LogP contribution in [0.5, 0.6) is 0 Å². The van der Waals surface area contributed by atoms with Crippen LogP contribution >= 0.6 is 0 Å². The lowest BCUT2D eigenvalue weighted by atomic mass is 9.93. The zero-order chi connectivity index (χ0) is 21.5. The van der Waals surface area contributed by atoms with Crippen LogP contribution < -0.4 is 21.3 Å². The quantitative estimate of drug-likeness (QED) is 0.666. The van der Waals surface area contributed by atoms with Crippen molar-refractivity contribution in [3.63, 3.8) is 0 Å². The summed E-state index contributed by atoms with van der Waals surface area (Å²) in [6, 6.07) is 2.47. The van der Waals surface area contributed by atoms with Gasteiger partial charge in [0.2, 0.25) is 5.91 Å².